The highest BCUT2D eigenvalue weighted by atomic mass is 79.9. The van der Waals surface area contributed by atoms with Crippen molar-refractivity contribution in [3.8, 4) is 5.69 Å². The van der Waals surface area contributed by atoms with Gasteiger partial charge in [0.15, 0.2) is 0 Å². The Hall–Kier alpha value is -1.03. The third kappa shape index (κ3) is 2.34. The van der Waals surface area contributed by atoms with Gasteiger partial charge >= 0.3 is 0 Å². The third-order valence-electron chi connectivity index (χ3n) is 3.10. The van der Waals surface area contributed by atoms with Crippen LogP contribution < -0.4 is 0 Å². The van der Waals surface area contributed by atoms with E-state index in [9.17, 15) is 0 Å². The van der Waals surface area contributed by atoms with Crippen molar-refractivity contribution in [1.82, 2.24) is 9.55 Å². The molecular weight excluding hydrogens is 359 g/mol. The lowest BCUT2D eigenvalue weighted by molar-refractivity contribution is 0.882. The molecule has 2 nitrogen and oxygen atoms in total. The highest BCUT2D eigenvalue weighted by molar-refractivity contribution is 9.10. The minimum Gasteiger partial charge on any atom is -0.295 e. The van der Waals surface area contributed by atoms with Gasteiger partial charge in [-0.2, -0.15) is 0 Å². The molecule has 3 rings (SSSR count). The van der Waals surface area contributed by atoms with E-state index in [1.54, 1.807) is 0 Å². The van der Waals surface area contributed by atoms with E-state index in [1.807, 2.05) is 49.4 Å². The highest BCUT2D eigenvalue weighted by Gasteiger charge is 2.16. The first kappa shape index (κ1) is 13.9. The molecule has 20 heavy (non-hydrogen) atoms. The van der Waals surface area contributed by atoms with Crippen LogP contribution in [0.5, 0.6) is 0 Å². The normalized spacial score (nSPS) is 12.8. The highest BCUT2D eigenvalue weighted by Crippen LogP contribution is 2.31. The molecule has 1 aromatic heterocycles. The average molecular weight is 370 g/mol. The Balaban J connectivity index is 2.33. The van der Waals surface area contributed by atoms with Crippen molar-refractivity contribution < 1.29 is 0 Å². The number of halogens is 3. The lowest BCUT2D eigenvalue weighted by atomic mass is 10.2. The van der Waals surface area contributed by atoms with Crippen molar-refractivity contribution in [2.24, 2.45) is 0 Å². The van der Waals surface area contributed by atoms with Crippen LogP contribution in [0, 0.1) is 0 Å². The quantitative estimate of drug-likeness (QED) is 0.526. The summed E-state index contributed by atoms with van der Waals surface area (Å²) in [6.07, 6.45) is 0. The SMILES string of the molecule is CC(Cl)c1nc2ccccc2n1-c1ccc(Cl)c(Br)c1. The molecule has 0 aliphatic heterocycles. The molecule has 0 aliphatic carbocycles. The molecule has 0 spiro atoms. The van der Waals surface area contributed by atoms with Crippen molar-refractivity contribution >= 4 is 50.2 Å². The zero-order valence-corrected chi connectivity index (χ0v) is 13.7. The first-order valence-corrected chi connectivity index (χ1v) is 7.75. The monoisotopic (exact) mass is 368 g/mol. The van der Waals surface area contributed by atoms with Crippen LogP contribution in [0.4, 0.5) is 0 Å². The van der Waals surface area contributed by atoms with E-state index in [-0.39, 0.29) is 5.38 Å². The number of hydrogen-bond donors (Lipinski definition) is 0. The van der Waals surface area contributed by atoms with Crippen LogP contribution in [0.2, 0.25) is 5.02 Å². The molecule has 0 amide bonds. The second-order valence-electron chi connectivity index (χ2n) is 4.51. The van der Waals surface area contributed by atoms with Gasteiger partial charge in [0.2, 0.25) is 0 Å². The van der Waals surface area contributed by atoms with Gasteiger partial charge in [-0.05, 0) is 53.2 Å². The number of hydrogen-bond acceptors (Lipinski definition) is 1. The molecule has 0 aliphatic rings. The second kappa shape index (κ2) is 5.40. The van der Waals surface area contributed by atoms with Crippen molar-refractivity contribution in [1.29, 1.82) is 0 Å². The van der Waals surface area contributed by atoms with E-state index in [2.05, 4.69) is 25.5 Å². The average Bonchev–Trinajstić information content (AvgIpc) is 2.81. The predicted octanol–water partition coefficient (Wildman–Crippen LogP) is 5.74. The Morgan fingerprint density at radius 3 is 2.65 bits per heavy atom. The van der Waals surface area contributed by atoms with Crippen molar-refractivity contribution in [2.75, 3.05) is 0 Å². The van der Waals surface area contributed by atoms with Gasteiger partial charge in [0.25, 0.3) is 0 Å². The molecule has 2 aromatic carbocycles. The molecule has 102 valence electrons. The van der Waals surface area contributed by atoms with E-state index in [4.69, 9.17) is 23.2 Å². The first-order chi connectivity index (χ1) is 9.58. The zero-order valence-electron chi connectivity index (χ0n) is 10.6. The zero-order chi connectivity index (χ0) is 14.3. The maximum absolute atomic E-state index is 6.28. The molecule has 0 fully saturated rings. The maximum Gasteiger partial charge on any atom is 0.132 e. The van der Waals surface area contributed by atoms with Crippen molar-refractivity contribution in [3.63, 3.8) is 0 Å². The molecule has 0 N–H and O–H groups in total. The summed E-state index contributed by atoms with van der Waals surface area (Å²) in [5, 5.41) is 0.496. The van der Waals surface area contributed by atoms with Gasteiger partial charge in [-0.3, -0.25) is 4.57 Å². The first-order valence-electron chi connectivity index (χ1n) is 6.15. The summed E-state index contributed by atoms with van der Waals surface area (Å²) in [5.41, 5.74) is 2.95. The predicted molar refractivity (Wildman–Crippen MR) is 88.0 cm³/mol. The van der Waals surface area contributed by atoms with Crippen molar-refractivity contribution in [2.45, 2.75) is 12.3 Å². The number of para-hydroxylation sites is 2. The molecule has 1 atom stereocenters. The Morgan fingerprint density at radius 1 is 1.20 bits per heavy atom. The molecule has 1 unspecified atom stereocenters. The van der Waals surface area contributed by atoms with Crippen LogP contribution in [0.1, 0.15) is 18.1 Å². The summed E-state index contributed by atoms with van der Waals surface area (Å²) in [6.45, 7) is 1.92. The third-order valence-corrected chi connectivity index (χ3v) is 4.51. The van der Waals surface area contributed by atoms with E-state index < -0.39 is 0 Å². The summed E-state index contributed by atoms with van der Waals surface area (Å²) < 4.78 is 2.91. The van der Waals surface area contributed by atoms with Crippen LogP contribution in [-0.4, -0.2) is 9.55 Å². The molecule has 0 radical (unpaired) electrons. The van der Waals surface area contributed by atoms with Crippen molar-refractivity contribution in [3.05, 3.63) is 57.8 Å². The number of benzene rings is 2. The smallest absolute Gasteiger partial charge is 0.132 e. The minimum atomic E-state index is -0.183. The van der Waals surface area contributed by atoms with Crippen LogP contribution >= 0.6 is 39.1 Å². The van der Waals surface area contributed by atoms with E-state index >= 15 is 0 Å². The molecule has 0 bridgehead atoms. The fourth-order valence-corrected chi connectivity index (χ4v) is 2.84. The summed E-state index contributed by atoms with van der Waals surface area (Å²) in [6, 6.07) is 13.8. The van der Waals surface area contributed by atoms with Crippen LogP contribution in [-0.2, 0) is 0 Å². The van der Waals surface area contributed by atoms with Gasteiger partial charge in [0, 0.05) is 10.2 Å². The summed E-state index contributed by atoms with van der Waals surface area (Å²) in [4.78, 5) is 4.62. The largest absolute Gasteiger partial charge is 0.295 e. The minimum absolute atomic E-state index is 0.183. The number of rotatable bonds is 2. The van der Waals surface area contributed by atoms with Gasteiger partial charge in [0.1, 0.15) is 5.82 Å². The second-order valence-corrected chi connectivity index (χ2v) is 6.42. The van der Waals surface area contributed by atoms with Gasteiger partial charge in [-0.1, -0.05) is 23.7 Å². The number of alkyl halides is 1. The van der Waals surface area contributed by atoms with E-state index in [0.717, 1.165) is 27.0 Å². The molecule has 1 heterocycles. The lowest BCUT2D eigenvalue weighted by Gasteiger charge is -2.11. The fourth-order valence-electron chi connectivity index (χ4n) is 2.21. The van der Waals surface area contributed by atoms with E-state index in [0.29, 0.717) is 5.02 Å². The number of fused-ring (bicyclic) bond motifs is 1. The molecular formula is C15H11BrCl2N2. The summed E-state index contributed by atoms with van der Waals surface area (Å²) in [7, 11) is 0. The lowest BCUT2D eigenvalue weighted by Crippen LogP contribution is -2.01. The van der Waals surface area contributed by atoms with Gasteiger partial charge < -0.3 is 0 Å². The van der Waals surface area contributed by atoms with Crippen LogP contribution in [0.3, 0.4) is 0 Å². The van der Waals surface area contributed by atoms with Gasteiger partial charge in [-0.15, -0.1) is 11.6 Å². The van der Waals surface area contributed by atoms with Crippen LogP contribution in [0.25, 0.3) is 16.7 Å². The molecule has 3 aromatic rings. The molecule has 0 saturated carbocycles. The summed E-state index contributed by atoms with van der Waals surface area (Å²) >= 11 is 15.8. The molecule has 5 heteroatoms. The maximum atomic E-state index is 6.28. The van der Waals surface area contributed by atoms with Gasteiger partial charge in [-0.25, -0.2) is 4.98 Å². The van der Waals surface area contributed by atoms with Gasteiger partial charge in [0.05, 0.1) is 21.4 Å². The Labute approximate surface area is 135 Å². The number of imidazole rings is 1. The van der Waals surface area contributed by atoms with E-state index in [1.165, 1.54) is 0 Å². The Morgan fingerprint density at radius 2 is 1.95 bits per heavy atom. The summed E-state index contributed by atoms with van der Waals surface area (Å²) in [5.74, 6) is 0.821. The Kier molecular flexibility index (Phi) is 3.76. The Bertz CT molecular complexity index is 781. The standard InChI is InChI=1S/C15H11BrCl2N2/c1-9(17)15-19-13-4-2-3-5-14(13)20(15)10-6-7-12(18)11(16)8-10/h2-9H,1H3. The van der Waals surface area contributed by atoms with Crippen LogP contribution in [0.15, 0.2) is 46.9 Å². The molecule has 0 saturated heterocycles. The fraction of sp³-hybridized carbons (Fsp3) is 0.133. The number of nitrogens with zero attached hydrogens (tertiary/aromatic N) is 2. The topological polar surface area (TPSA) is 17.8 Å². The number of aromatic nitrogens is 2.